The number of aliphatic hydroxyl groups is 1. The number of hydrogen-bond acceptors (Lipinski definition) is 6. The summed E-state index contributed by atoms with van der Waals surface area (Å²) in [5, 5.41) is 14.0. The van der Waals surface area contributed by atoms with Gasteiger partial charge in [-0.3, -0.25) is 19.3 Å². The monoisotopic (exact) mass is 513 g/mol. The third-order valence-electron chi connectivity index (χ3n) is 6.24. The van der Waals surface area contributed by atoms with Crippen molar-refractivity contribution in [2.24, 2.45) is 0 Å². The number of carbonyl (C=O) groups is 3. The SMILES string of the molecule is CCCOc1ccc(/C(O)=C2/C(=O)C(=O)N(c3ccc(NC(C)=O)cc3)C2c2ccc(N(C)C)cc2)cc1. The van der Waals surface area contributed by atoms with Crippen LogP contribution in [-0.4, -0.2) is 43.4 Å². The number of rotatable bonds is 8. The van der Waals surface area contributed by atoms with Gasteiger partial charge in [0.15, 0.2) is 0 Å². The van der Waals surface area contributed by atoms with Crippen LogP contribution in [0.4, 0.5) is 17.1 Å². The first-order chi connectivity index (χ1) is 18.2. The number of anilines is 3. The van der Waals surface area contributed by atoms with Gasteiger partial charge in [0, 0.05) is 43.6 Å². The Hall–Kier alpha value is -4.59. The first kappa shape index (κ1) is 26.5. The van der Waals surface area contributed by atoms with Crippen LogP contribution in [0.5, 0.6) is 5.75 Å². The Morgan fingerprint density at radius 3 is 2.16 bits per heavy atom. The van der Waals surface area contributed by atoms with Crippen molar-refractivity contribution in [1.82, 2.24) is 0 Å². The van der Waals surface area contributed by atoms with E-state index >= 15 is 0 Å². The number of carbonyl (C=O) groups excluding carboxylic acids is 3. The van der Waals surface area contributed by atoms with E-state index in [9.17, 15) is 19.5 Å². The largest absolute Gasteiger partial charge is 0.507 e. The summed E-state index contributed by atoms with van der Waals surface area (Å²) in [6.45, 7) is 3.99. The van der Waals surface area contributed by atoms with Crippen molar-refractivity contribution in [2.75, 3.05) is 35.8 Å². The Kier molecular flexibility index (Phi) is 7.81. The van der Waals surface area contributed by atoms with Gasteiger partial charge in [-0.25, -0.2) is 0 Å². The number of ether oxygens (including phenoxy) is 1. The van der Waals surface area contributed by atoms with Gasteiger partial charge in [0.2, 0.25) is 5.91 Å². The normalized spacial score (nSPS) is 16.4. The highest BCUT2D eigenvalue weighted by atomic mass is 16.5. The van der Waals surface area contributed by atoms with E-state index in [4.69, 9.17) is 4.74 Å². The molecule has 0 radical (unpaired) electrons. The maximum atomic E-state index is 13.4. The molecule has 1 heterocycles. The molecule has 0 aromatic heterocycles. The molecular weight excluding hydrogens is 482 g/mol. The van der Waals surface area contributed by atoms with Gasteiger partial charge in [-0.15, -0.1) is 0 Å². The van der Waals surface area contributed by atoms with Crippen molar-refractivity contribution in [1.29, 1.82) is 0 Å². The molecule has 196 valence electrons. The van der Waals surface area contributed by atoms with Gasteiger partial charge < -0.3 is 20.1 Å². The van der Waals surface area contributed by atoms with E-state index in [0.717, 1.165) is 12.1 Å². The van der Waals surface area contributed by atoms with Crippen LogP contribution in [0.1, 0.15) is 37.4 Å². The van der Waals surface area contributed by atoms with Crippen LogP contribution >= 0.6 is 0 Å². The molecule has 1 atom stereocenters. The quantitative estimate of drug-likeness (QED) is 0.246. The minimum atomic E-state index is -0.853. The van der Waals surface area contributed by atoms with Gasteiger partial charge in [0.1, 0.15) is 11.5 Å². The van der Waals surface area contributed by atoms with Crippen LogP contribution in [0, 0.1) is 0 Å². The molecule has 0 saturated carbocycles. The third kappa shape index (κ3) is 5.39. The highest BCUT2D eigenvalue weighted by Crippen LogP contribution is 2.42. The van der Waals surface area contributed by atoms with Crippen LogP contribution < -0.4 is 19.9 Å². The summed E-state index contributed by atoms with van der Waals surface area (Å²) in [4.78, 5) is 41.5. The molecule has 1 fully saturated rings. The zero-order chi connectivity index (χ0) is 27.4. The number of aliphatic hydroxyl groups excluding tert-OH is 1. The van der Waals surface area contributed by atoms with Crippen molar-refractivity contribution >= 4 is 40.4 Å². The second kappa shape index (κ2) is 11.2. The van der Waals surface area contributed by atoms with Crippen molar-refractivity contribution in [3.05, 3.63) is 89.5 Å². The summed E-state index contributed by atoms with van der Waals surface area (Å²) in [6, 6.07) is 20.1. The lowest BCUT2D eigenvalue weighted by Gasteiger charge is -2.26. The smallest absolute Gasteiger partial charge is 0.300 e. The second-order valence-electron chi connectivity index (χ2n) is 9.26. The molecule has 4 rings (SSSR count). The number of benzene rings is 3. The maximum Gasteiger partial charge on any atom is 0.300 e. The van der Waals surface area contributed by atoms with Gasteiger partial charge in [-0.2, -0.15) is 0 Å². The highest BCUT2D eigenvalue weighted by Gasteiger charge is 2.47. The van der Waals surface area contributed by atoms with E-state index in [1.165, 1.54) is 11.8 Å². The lowest BCUT2D eigenvalue weighted by atomic mass is 9.95. The van der Waals surface area contributed by atoms with E-state index in [2.05, 4.69) is 5.32 Å². The molecule has 1 unspecified atom stereocenters. The lowest BCUT2D eigenvalue weighted by molar-refractivity contribution is -0.132. The van der Waals surface area contributed by atoms with E-state index in [1.54, 1.807) is 48.5 Å². The molecule has 1 aliphatic rings. The topological polar surface area (TPSA) is 99.2 Å². The van der Waals surface area contributed by atoms with Crippen LogP contribution in [0.15, 0.2) is 78.4 Å². The van der Waals surface area contributed by atoms with Gasteiger partial charge >= 0.3 is 0 Å². The number of nitrogens with one attached hydrogen (secondary N) is 1. The number of ketones is 1. The summed E-state index contributed by atoms with van der Waals surface area (Å²) < 4.78 is 5.63. The molecule has 0 spiro atoms. The summed E-state index contributed by atoms with van der Waals surface area (Å²) in [6.07, 6.45) is 0.865. The fourth-order valence-electron chi connectivity index (χ4n) is 4.36. The zero-order valence-corrected chi connectivity index (χ0v) is 21.9. The van der Waals surface area contributed by atoms with Crippen LogP contribution in [0.25, 0.3) is 5.76 Å². The predicted octanol–water partition coefficient (Wildman–Crippen LogP) is 5.13. The number of amides is 2. The summed E-state index contributed by atoms with van der Waals surface area (Å²) in [5.74, 6) is -1.35. The van der Waals surface area contributed by atoms with E-state index in [0.29, 0.717) is 34.9 Å². The fourth-order valence-corrected chi connectivity index (χ4v) is 4.36. The molecule has 0 aliphatic carbocycles. The molecule has 2 amide bonds. The highest BCUT2D eigenvalue weighted by molar-refractivity contribution is 6.51. The first-order valence-corrected chi connectivity index (χ1v) is 12.4. The number of Topliss-reactive ketones (excluding diaryl/α,β-unsaturated/α-hetero) is 1. The van der Waals surface area contributed by atoms with Crippen LogP contribution in [0.3, 0.4) is 0 Å². The minimum Gasteiger partial charge on any atom is -0.507 e. The van der Waals surface area contributed by atoms with Crippen molar-refractivity contribution < 1.29 is 24.2 Å². The fraction of sp³-hybridized carbons (Fsp3) is 0.233. The van der Waals surface area contributed by atoms with E-state index < -0.39 is 17.7 Å². The van der Waals surface area contributed by atoms with Gasteiger partial charge in [-0.05, 0) is 72.6 Å². The standard InChI is InChI=1S/C30H31N3O5/c1-5-18-38-25-16-8-21(9-17-25)28(35)26-27(20-6-12-23(13-7-20)32(3)4)33(30(37)29(26)36)24-14-10-22(11-15-24)31-19(2)34/h6-17,27,35H,5,18H2,1-4H3,(H,31,34)/b28-26-. The van der Waals surface area contributed by atoms with Crippen molar-refractivity contribution in [2.45, 2.75) is 26.3 Å². The molecule has 8 heteroatoms. The van der Waals surface area contributed by atoms with Crippen LogP contribution in [0.2, 0.25) is 0 Å². The Balaban J connectivity index is 1.81. The average molecular weight is 514 g/mol. The molecule has 1 saturated heterocycles. The van der Waals surface area contributed by atoms with E-state index in [1.807, 2.05) is 50.2 Å². The van der Waals surface area contributed by atoms with Gasteiger partial charge in [-0.1, -0.05) is 19.1 Å². The molecule has 0 bridgehead atoms. The average Bonchev–Trinajstić information content (AvgIpc) is 3.17. The van der Waals surface area contributed by atoms with Gasteiger partial charge in [0.25, 0.3) is 11.7 Å². The number of hydrogen-bond donors (Lipinski definition) is 2. The molecular formula is C30H31N3O5. The Morgan fingerprint density at radius 2 is 1.61 bits per heavy atom. The molecule has 8 nitrogen and oxygen atoms in total. The molecule has 3 aromatic rings. The summed E-state index contributed by atoms with van der Waals surface area (Å²) in [7, 11) is 3.84. The zero-order valence-electron chi connectivity index (χ0n) is 21.9. The van der Waals surface area contributed by atoms with Gasteiger partial charge in [0.05, 0.1) is 18.2 Å². The van der Waals surface area contributed by atoms with Crippen molar-refractivity contribution in [3.8, 4) is 5.75 Å². The Bertz CT molecular complexity index is 1360. The summed E-state index contributed by atoms with van der Waals surface area (Å²) >= 11 is 0. The Labute approximate surface area is 222 Å². The maximum absolute atomic E-state index is 13.4. The predicted molar refractivity (Wildman–Crippen MR) is 149 cm³/mol. The second-order valence-corrected chi connectivity index (χ2v) is 9.26. The minimum absolute atomic E-state index is 0.000710. The van der Waals surface area contributed by atoms with E-state index in [-0.39, 0.29) is 17.2 Å². The first-order valence-electron chi connectivity index (χ1n) is 12.4. The number of nitrogens with zero attached hydrogens (tertiary/aromatic N) is 2. The molecule has 2 N–H and O–H groups in total. The molecule has 3 aromatic carbocycles. The molecule has 1 aliphatic heterocycles. The van der Waals surface area contributed by atoms with Crippen LogP contribution in [-0.2, 0) is 14.4 Å². The summed E-state index contributed by atoms with van der Waals surface area (Å²) in [5.41, 5.74) is 3.06. The molecule has 38 heavy (non-hydrogen) atoms. The Morgan fingerprint density at radius 1 is 0.974 bits per heavy atom. The third-order valence-corrected chi connectivity index (χ3v) is 6.24. The van der Waals surface area contributed by atoms with Crippen molar-refractivity contribution in [3.63, 3.8) is 0 Å². The lowest BCUT2D eigenvalue weighted by Crippen LogP contribution is -2.29.